The van der Waals surface area contributed by atoms with Crippen molar-refractivity contribution in [2.45, 2.75) is 19.4 Å². The molecule has 0 aliphatic carbocycles. The zero-order valence-corrected chi connectivity index (χ0v) is 11.0. The molecule has 1 aromatic heterocycles. The number of H-pyrrole nitrogens is 1. The van der Waals surface area contributed by atoms with Crippen molar-refractivity contribution in [1.29, 1.82) is 0 Å². The molecule has 2 heterocycles. The predicted molar refractivity (Wildman–Crippen MR) is 72.7 cm³/mol. The lowest BCUT2D eigenvalue weighted by atomic mass is 10.0. The van der Waals surface area contributed by atoms with Crippen LogP contribution in [-0.4, -0.2) is 29.9 Å². The Morgan fingerprint density at radius 1 is 1.53 bits per heavy atom. The minimum atomic E-state index is -0.0613. The van der Waals surface area contributed by atoms with Crippen LogP contribution in [0.2, 0.25) is 0 Å². The van der Waals surface area contributed by atoms with E-state index in [1.165, 1.54) is 0 Å². The molecule has 0 bridgehead atoms. The van der Waals surface area contributed by atoms with Crippen LogP contribution in [-0.2, 0) is 11.3 Å². The number of ether oxygens (including phenoxy) is 2. The van der Waals surface area contributed by atoms with Gasteiger partial charge < -0.3 is 14.5 Å². The summed E-state index contributed by atoms with van der Waals surface area (Å²) in [5.41, 5.74) is 1.69. The van der Waals surface area contributed by atoms with Crippen molar-refractivity contribution in [3.8, 4) is 5.75 Å². The van der Waals surface area contributed by atoms with Gasteiger partial charge in [0.2, 0.25) is 0 Å². The van der Waals surface area contributed by atoms with Crippen LogP contribution in [0.4, 0.5) is 0 Å². The monoisotopic (exact) mass is 262 g/mol. The molecule has 5 nitrogen and oxygen atoms in total. The summed E-state index contributed by atoms with van der Waals surface area (Å²) in [5, 5.41) is 0. The van der Waals surface area contributed by atoms with Crippen molar-refractivity contribution in [1.82, 2.24) is 9.55 Å². The molecule has 1 saturated heterocycles. The molecule has 1 unspecified atom stereocenters. The maximum Gasteiger partial charge on any atom is 0.326 e. The van der Waals surface area contributed by atoms with Gasteiger partial charge in [0.05, 0.1) is 24.8 Å². The number of aromatic nitrogens is 2. The Bertz CT molecular complexity index is 623. The summed E-state index contributed by atoms with van der Waals surface area (Å²) in [6, 6.07) is 5.63. The highest BCUT2D eigenvalue weighted by Gasteiger charge is 2.17. The summed E-state index contributed by atoms with van der Waals surface area (Å²) in [6.07, 6.45) is 2.19. The van der Waals surface area contributed by atoms with Crippen molar-refractivity contribution in [2.75, 3.05) is 20.3 Å². The van der Waals surface area contributed by atoms with Gasteiger partial charge in [0.1, 0.15) is 5.75 Å². The fraction of sp³-hybridized carbons (Fsp3) is 0.500. The summed E-state index contributed by atoms with van der Waals surface area (Å²) < 4.78 is 12.5. The smallest absolute Gasteiger partial charge is 0.326 e. The fourth-order valence-corrected chi connectivity index (χ4v) is 2.65. The highest BCUT2D eigenvalue weighted by molar-refractivity contribution is 5.76. The fourth-order valence-electron chi connectivity index (χ4n) is 2.65. The Morgan fingerprint density at radius 2 is 2.42 bits per heavy atom. The number of hydrogen-bond donors (Lipinski definition) is 1. The normalized spacial score (nSPS) is 19.7. The van der Waals surface area contributed by atoms with E-state index >= 15 is 0 Å². The van der Waals surface area contributed by atoms with E-state index in [0.717, 1.165) is 42.8 Å². The molecule has 0 saturated carbocycles. The quantitative estimate of drug-likeness (QED) is 0.917. The van der Waals surface area contributed by atoms with Crippen molar-refractivity contribution < 1.29 is 9.47 Å². The van der Waals surface area contributed by atoms with Gasteiger partial charge in [0.15, 0.2) is 0 Å². The first-order valence-corrected chi connectivity index (χ1v) is 6.62. The summed E-state index contributed by atoms with van der Waals surface area (Å²) in [5.74, 6) is 1.18. The number of aromatic amines is 1. The third-order valence-corrected chi connectivity index (χ3v) is 3.68. The van der Waals surface area contributed by atoms with E-state index < -0.39 is 0 Å². The number of rotatable bonds is 3. The number of nitrogens with one attached hydrogen (secondary N) is 1. The largest absolute Gasteiger partial charge is 0.497 e. The Kier molecular flexibility index (Phi) is 3.29. The van der Waals surface area contributed by atoms with E-state index in [0.29, 0.717) is 12.5 Å². The average Bonchev–Trinajstić information content (AvgIpc) is 2.76. The van der Waals surface area contributed by atoms with E-state index in [-0.39, 0.29) is 5.69 Å². The van der Waals surface area contributed by atoms with Gasteiger partial charge in [0.25, 0.3) is 0 Å². The zero-order valence-electron chi connectivity index (χ0n) is 11.0. The topological polar surface area (TPSA) is 56.2 Å². The van der Waals surface area contributed by atoms with Crippen LogP contribution in [0.5, 0.6) is 5.75 Å². The second-order valence-electron chi connectivity index (χ2n) is 5.01. The van der Waals surface area contributed by atoms with Gasteiger partial charge in [-0.2, -0.15) is 0 Å². The molecule has 5 heteroatoms. The van der Waals surface area contributed by atoms with Crippen molar-refractivity contribution in [2.24, 2.45) is 5.92 Å². The molecule has 0 amide bonds. The maximum atomic E-state index is 12.0. The number of methoxy groups -OCH3 is 1. The van der Waals surface area contributed by atoms with E-state index in [1.54, 1.807) is 11.7 Å². The first kappa shape index (κ1) is 12.3. The summed E-state index contributed by atoms with van der Waals surface area (Å²) >= 11 is 0. The zero-order chi connectivity index (χ0) is 13.2. The Balaban J connectivity index is 1.96. The standard InChI is InChI=1S/C14H18N2O3/c1-18-11-4-5-12-13(7-11)16(14(17)15-12)8-10-3-2-6-19-9-10/h4-5,7,10H,2-3,6,8-9H2,1H3,(H,15,17). The van der Waals surface area contributed by atoms with Crippen molar-refractivity contribution in [3.05, 3.63) is 28.7 Å². The van der Waals surface area contributed by atoms with Gasteiger partial charge in [-0.3, -0.25) is 4.57 Å². The van der Waals surface area contributed by atoms with E-state index in [9.17, 15) is 4.79 Å². The third-order valence-electron chi connectivity index (χ3n) is 3.68. The second kappa shape index (κ2) is 5.09. The Hall–Kier alpha value is -1.75. The first-order valence-electron chi connectivity index (χ1n) is 6.62. The number of imidazole rings is 1. The van der Waals surface area contributed by atoms with Crippen LogP contribution in [0.3, 0.4) is 0 Å². The van der Waals surface area contributed by atoms with Crippen LogP contribution in [0, 0.1) is 5.92 Å². The summed E-state index contributed by atoms with van der Waals surface area (Å²) in [4.78, 5) is 14.9. The van der Waals surface area contributed by atoms with Gasteiger partial charge in [-0.15, -0.1) is 0 Å². The molecule has 1 aromatic carbocycles. The average molecular weight is 262 g/mol. The number of fused-ring (bicyclic) bond motifs is 1. The van der Waals surface area contributed by atoms with Gasteiger partial charge in [-0.25, -0.2) is 4.79 Å². The van der Waals surface area contributed by atoms with Crippen molar-refractivity contribution >= 4 is 11.0 Å². The molecule has 3 rings (SSSR count). The molecule has 2 aromatic rings. The minimum Gasteiger partial charge on any atom is -0.497 e. The van der Waals surface area contributed by atoms with Gasteiger partial charge >= 0.3 is 5.69 Å². The van der Waals surface area contributed by atoms with Crippen LogP contribution >= 0.6 is 0 Å². The first-order chi connectivity index (χ1) is 9.28. The van der Waals surface area contributed by atoms with Gasteiger partial charge in [0, 0.05) is 25.1 Å². The number of hydrogen-bond acceptors (Lipinski definition) is 3. The van der Waals surface area contributed by atoms with Gasteiger partial charge in [-0.05, 0) is 25.0 Å². The highest BCUT2D eigenvalue weighted by Crippen LogP contribution is 2.21. The lowest BCUT2D eigenvalue weighted by Crippen LogP contribution is -2.27. The molecule has 1 N–H and O–H groups in total. The number of nitrogens with zero attached hydrogens (tertiary/aromatic N) is 1. The van der Waals surface area contributed by atoms with Crippen molar-refractivity contribution in [3.63, 3.8) is 0 Å². The molecule has 102 valence electrons. The molecule has 0 spiro atoms. The lowest BCUT2D eigenvalue weighted by Gasteiger charge is -2.22. The predicted octanol–water partition coefficient (Wildman–Crippen LogP) is 1.76. The Labute approximate surface area is 111 Å². The molecule has 0 radical (unpaired) electrons. The minimum absolute atomic E-state index is 0.0613. The molecular formula is C14H18N2O3. The summed E-state index contributed by atoms with van der Waals surface area (Å²) in [7, 11) is 1.63. The van der Waals surface area contributed by atoms with Crippen LogP contribution in [0.1, 0.15) is 12.8 Å². The molecular weight excluding hydrogens is 244 g/mol. The highest BCUT2D eigenvalue weighted by atomic mass is 16.5. The van der Waals surface area contributed by atoms with Gasteiger partial charge in [-0.1, -0.05) is 0 Å². The van der Waals surface area contributed by atoms with Crippen LogP contribution < -0.4 is 10.4 Å². The second-order valence-corrected chi connectivity index (χ2v) is 5.01. The summed E-state index contributed by atoms with van der Waals surface area (Å²) in [6.45, 7) is 2.28. The van der Waals surface area contributed by atoms with E-state index in [1.807, 2.05) is 18.2 Å². The molecule has 1 fully saturated rings. The third kappa shape index (κ3) is 2.38. The van der Waals surface area contributed by atoms with Crippen LogP contribution in [0.25, 0.3) is 11.0 Å². The molecule has 19 heavy (non-hydrogen) atoms. The molecule has 1 atom stereocenters. The van der Waals surface area contributed by atoms with E-state index in [2.05, 4.69) is 4.98 Å². The Morgan fingerprint density at radius 3 is 3.16 bits per heavy atom. The lowest BCUT2D eigenvalue weighted by molar-refractivity contribution is 0.0484. The van der Waals surface area contributed by atoms with E-state index in [4.69, 9.17) is 9.47 Å². The molecule has 1 aliphatic rings. The molecule has 1 aliphatic heterocycles. The number of benzene rings is 1. The SMILES string of the molecule is COc1ccc2[nH]c(=O)n(CC3CCCOC3)c2c1. The van der Waals surface area contributed by atoms with Crippen LogP contribution in [0.15, 0.2) is 23.0 Å². The maximum absolute atomic E-state index is 12.0.